The second kappa shape index (κ2) is 6.45. The average molecular weight is 302 g/mol. The van der Waals surface area contributed by atoms with Crippen LogP contribution >= 0.6 is 12.2 Å². The summed E-state index contributed by atoms with van der Waals surface area (Å²) >= 11 is 4.87. The van der Waals surface area contributed by atoms with Crippen molar-refractivity contribution < 1.29 is 9.18 Å². The third-order valence-corrected chi connectivity index (χ3v) is 3.30. The fourth-order valence-corrected chi connectivity index (χ4v) is 2.00. The molecule has 0 fully saturated rings. The summed E-state index contributed by atoms with van der Waals surface area (Å²) in [5, 5.41) is 2.68. The first-order chi connectivity index (χ1) is 9.97. The molecule has 3 N–H and O–H groups in total. The summed E-state index contributed by atoms with van der Waals surface area (Å²) in [6.45, 7) is 2.08. The lowest BCUT2D eigenvalue weighted by atomic mass is 10.1. The minimum atomic E-state index is -0.517. The van der Waals surface area contributed by atoms with Crippen molar-refractivity contribution in [3.8, 4) is 0 Å². The van der Waals surface area contributed by atoms with Crippen molar-refractivity contribution >= 4 is 23.1 Å². The molecule has 0 radical (unpaired) electrons. The van der Waals surface area contributed by atoms with Gasteiger partial charge in [-0.3, -0.25) is 4.79 Å². The molecule has 0 aliphatic rings. The zero-order valence-electron chi connectivity index (χ0n) is 11.5. The van der Waals surface area contributed by atoms with Crippen molar-refractivity contribution in [3.63, 3.8) is 0 Å². The Labute approximate surface area is 128 Å². The number of nitrogens with two attached hydrogens (primary N) is 1. The summed E-state index contributed by atoms with van der Waals surface area (Å²) in [6, 6.07) is 11.7. The van der Waals surface area contributed by atoms with Crippen LogP contribution in [0.2, 0.25) is 0 Å². The van der Waals surface area contributed by atoms with Gasteiger partial charge < -0.3 is 11.1 Å². The van der Waals surface area contributed by atoms with Crippen molar-refractivity contribution in [2.24, 2.45) is 5.73 Å². The van der Waals surface area contributed by atoms with E-state index < -0.39 is 11.7 Å². The van der Waals surface area contributed by atoms with Crippen LogP contribution in [0.3, 0.4) is 0 Å². The zero-order chi connectivity index (χ0) is 15.4. The molecule has 3 nitrogen and oxygen atoms in total. The van der Waals surface area contributed by atoms with Gasteiger partial charge in [0.25, 0.3) is 5.91 Å². The Morgan fingerprint density at radius 2 is 1.90 bits per heavy atom. The highest BCUT2D eigenvalue weighted by Crippen LogP contribution is 2.10. The quantitative estimate of drug-likeness (QED) is 0.854. The van der Waals surface area contributed by atoms with Crippen LogP contribution in [0, 0.1) is 12.7 Å². The van der Waals surface area contributed by atoms with Gasteiger partial charge in [-0.2, -0.15) is 0 Å². The maximum atomic E-state index is 13.7. The van der Waals surface area contributed by atoms with Crippen LogP contribution in [0.25, 0.3) is 0 Å². The third kappa shape index (κ3) is 3.86. The Morgan fingerprint density at radius 3 is 2.48 bits per heavy atom. The Bertz CT molecular complexity index is 683. The highest BCUT2D eigenvalue weighted by Gasteiger charge is 2.11. The largest absolute Gasteiger partial charge is 0.389 e. The van der Waals surface area contributed by atoms with Gasteiger partial charge in [0.1, 0.15) is 10.8 Å². The number of nitrogens with one attached hydrogen (secondary N) is 1. The molecule has 2 aromatic carbocycles. The highest BCUT2D eigenvalue weighted by atomic mass is 32.1. The van der Waals surface area contributed by atoms with Crippen LogP contribution in [-0.4, -0.2) is 10.9 Å². The SMILES string of the molecule is Cc1ccc(C(=O)NCc2ccc(C(N)=S)cc2)c(F)c1. The molecule has 1 amide bonds. The van der Waals surface area contributed by atoms with E-state index in [1.807, 2.05) is 12.1 Å². The number of halogens is 1. The Morgan fingerprint density at radius 1 is 1.24 bits per heavy atom. The van der Waals surface area contributed by atoms with Crippen molar-refractivity contribution in [3.05, 3.63) is 70.5 Å². The van der Waals surface area contributed by atoms with Crippen molar-refractivity contribution in [2.75, 3.05) is 0 Å². The van der Waals surface area contributed by atoms with Gasteiger partial charge in [0.15, 0.2) is 0 Å². The van der Waals surface area contributed by atoms with E-state index in [-0.39, 0.29) is 5.56 Å². The van der Waals surface area contributed by atoms with Gasteiger partial charge >= 0.3 is 0 Å². The van der Waals surface area contributed by atoms with E-state index in [4.69, 9.17) is 18.0 Å². The lowest BCUT2D eigenvalue weighted by Crippen LogP contribution is -2.24. The monoisotopic (exact) mass is 302 g/mol. The van der Waals surface area contributed by atoms with Crippen LogP contribution in [0.1, 0.15) is 27.0 Å². The van der Waals surface area contributed by atoms with Crippen LogP contribution in [0.5, 0.6) is 0 Å². The maximum Gasteiger partial charge on any atom is 0.254 e. The van der Waals surface area contributed by atoms with E-state index >= 15 is 0 Å². The normalized spacial score (nSPS) is 10.2. The lowest BCUT2D eigenvalue weighted by Gasteiger charge is -2.07. The van der Waals surface area contributed by atoms with E-state index in [9.17, 15) is 9.18 Å². The van der Waals surface area contributed by atoms with E-state index in [1.54, 1.807) is 25.1 Å². The molecule has 0 saturated heterocycles. The van der Waals surface area contributed by atoms with E-state index in [0.29, 0.717) is 11.5 Å². The Kier molecular flexibility index (Phi) is 4.65. The van der Waals surface area contributed by atoms with Crippen LogP contribution in [0.4, 0.5) is 4.39 Å². The number of aryl methyl sites for hydroxylation is 1. The minimum absolute atomic E-state index is 0.0420. The van der Waals surface area contributed by atoms with E-state index in [0.717, 1.165) is 16.7 Å². The number of carbonyl (C=O) groups excluding carboxylic acids is 1. The summed E-state index contributed by atoms with van der Waals surface area (Å²) in [7, 11) is 0. The molecule has 0 unspecified atom stereocenters. The van der Waals surface area contributed by atoms with Crippen molar-refractivity contribution in [1.29, 1.82) is 0 Å². The molecule has 5 heteroatoms. The molecule has 0 bridgehead atoms. The second-order valence-corrected chi connectivity index (χ2v) is 5.17. The molecule has 0 aliphatic heterocycles. The lowest BCUT2D eigenvalue weighted by molar-refractivity contribution is 0.0947. The number of benzene rings is 2. The van der Waals surface area contributed by atoms with Gasteiger partial charge in [0.05, 0.1) is 5.56 Å². The fraction of sp³-hybridized carbons (Fsp3) is 0.125. The fourth-order valence-electron chi connectivity index (χ4n) is 1.87. The first kappa shape index (κ1) is 15.1. The molecule has 108 valence electrons. The summed E-state index contributed by atoms with van der Waals surface area (Å²) in [6.07, 6.45) is 0. The number of hydrogen-bond acceptors (Lipinski definition) is 2. The molecule has 0 atom stereocenters. The molecule has 0 aliphatic carbocycles. The van der Waals surface area contributed by atoms with Crippen LogP contribution in [-0.2, 0) is 6.54 Å². The van der Waals surface area contributed by atoms with Gasteiger partial charge in [-0.25, -0.2) is 4.39 Å². The second-order valence-electron chi connectivity index (χ2n) is 4.73. The van der Waals surface area contributed by atoms with E-state index in [1.165, 1.54) is 12.1 Å². The summed E-state index contributed by atoms with van der Waals surface area (Å²) in [4.78, 5) is 12.3. The summed E-state index contributed by atoms with van der Waals surface area (Å²) in [5.74, 6) is -0.956. The summed E-state index contributed by atoms with van der Waals surface area (Å²) < 4.78 is 13.7. The molecule has 2 aromatic rings. The topological polar surface area (TPSA) is 55.1 Å². The van der Waals surface area contributed by atoms with Gasteiger partial charge in [-0.05, 0) is 30.2 Å². The predicted octanol–water partition coefficient (Wildman–Crippen LogP) is 2.70. The third-order valence-electron chi connectivity index (χ3n) is 3.06. The molecular weight excluding hydrogens is 287 g/mol. The minimum Gasteiger partial charge on any atom is -0.389 e. The van der Waals surface area contributed by atoms with Gasteiger partial charge in [-0.1, -0.05) is 42.5 Å². The predicted molar refractivity (Wildman–Crippen MR) is 84.6 cm³/mol. The smallest absolute Gasteiger partial charge is 0.254 e. The van der Waals surface area contributed by atoms with E-state index in [2.05, 4.69) is 5.32 Å². The molecule has 0 aromatic heterocycles. The summed E-state index contributed by atoms with van der Waals surface area (Å²) in [5.41, 5.74) is 7.98. The van der Waals surface area contributed by atoms with Gasteiger partial charge in [-0.15, -0.1) is 0 Å². The molecule has 2 rings (SSSR count). The van der Waals surface area contributed by atoms with Gasteiger partial charge in [0.2, 0.25) is 0 Å². The number of hydrogen-bond donors (Lipinski definition) is 2. The average Bonchev–Trinajstić information content (AvgIpc) is 2.45. The first-order valence-electron chi connectivity index (χ1n) is 6.40. The zero-order valence-corrected chi connectivity index (χ0v) is 12.3. The Balaban J connectivity index is 2.02. The maximum absolute atomic E-state index is 13.7. The van der Waals surface area contributed by atoms with Crippen LogP contribution < -0.4 is 11.1 Å². The number of carbonyl (C=O) groups is 1. The standard InChI is InChI=1S/C16H15FN2OS/c1-10-2-7-13(14(17)8-10)16(20)19-9-11-3-5-12(6-4-11)15(18)21/h2-8H,9H2,1H3,(H2,18,21)(H,19,20). The highest BCUT2D eigenvalue weighted by molar-refractivity contribution is 7.80. The van der Waals surface area contributed by atoms with Crippen molar-refractivity contribution in [2.45, 2.75) is 13.5 Å². The van der Waals surface area contributed by atoms with Crippen molar-refractivity contribution in [1.82, 2.24) is 5.32 Å². The number of thiocarbonyl (C=S) groups is 1. The number of rotatable bonds is 4. The molecule has 21 heavy (non-hydrogen) atoms. The number of amides is 1. The van der Waals surface area contributed by atoms with Gasteiger partial charge in [0, 0.05) is 12.1 Å². The molecule has 0 spiro atoms. The molecule has 0 saturated carbocycles. The van der Waals surface area contributed by atoms with Crippen LogP contribution in [0.15, 0.2) is 42.5 Å². The Hall–Kier alpha value is -2.27. The molecular formula is C16H15FN2OS. The first-order valence-corrected chi connectivity index (χ1v) is 6.81. The molecule has 0 heterocycles.